The van der Waals surface area contributed by atoms with Crippen LogP contribution in [-0.2, 0) is 4.74 Å². The summed E-state index contributed by atoms with van der Waals surface area (Å²) in [6.07, 6.45) is 1.55. The number of hydrogen-bond acceptors (Lipinski definition) is 3. The van der Waals surface area contributed by atoms with Crippen LogP contribution in [0.1, 0.15) is 33.6 Å². The number of fused-ring (bicyclic) bond motifs is 1. The lowest BCUT2D eigenvalue weighted by molar-refractivity contribution is 0.0475. The first-order valence-electron chi connectivity index (χ1n) is 6.27. The molecule has 0 aliphatic carbocycles. The first-order valence-corrected chi connectivity index (χ1v) is 7.78. The highest BCUT2D eigenvalue weighted by Gasteiger charge is 2.42. The molecule has 2 amide bonds. The highest BCUT2D eigenvalue weighted by molar-refractivity contribution is 6.55. The number of imide groups is 1. The first-order chi connectivity index (χ1) is 9.93. The zero-order valence-electron chi connectivity index (χ0n) is 10.6. The molecule has 0 bridgehead atoms. The lowest BCUT2D eigenvalue weighted by atomic mass is 10.1. The Labute approximate surface area is 140 Å². The Morgan fingerprint density at radius 2 is 1.48 bits per heavy atom. The molecule has 8 heteroatoms. The van der Waals surface area contributed by atoms with E-state index in [4.69, 9.17) is 51.1 Å². The lowest BCUT2D eigenvalue weighted by Crippen LogP contribution is -2.36. The summed E-state index contributed by atoms with van der Waals surface area (Å²) in [6, 6.07) is 0. The van der Waals surface area contributed by atoms with Gasteiger partial charge in [-0.2, -0.15) is 0 Å². The largest absolute Gasteiger partial charge is 0.376 e. The smallest absolute Gasteiger partial charge is 0.263 e. The minimum Gasteiger partial charge on any atom is -0.376 e. The second-order valence-corrected chi connectivity index (χ2v) is 6.37. The van der Waals surface area contributed by atoms with Gasteiger partial charge in [0.1, 0.15) is 0 Å². The summed E-state index contributed by atoms with van der Waals surface area (Å²) in [6.45, 7) is 0.807. The van der Waals surface area contributed by atoms with Crippen molar-refractivity contribution in [2.24, 2.45) is 0 Å². The van der Waals surface area contributed by atoms with Gasteiger partial charge in [0.25, 0.3) is 11.8 Å². The number of carbonyl (C=O) groups is 2. The van der Waals surface area contributed by atoms with Gasteiger partial charge in [0.05, 0.1) is 43.9 Å². The Kier molecular flexibility index (Phi) is 4.10. The predicted molar refractivity (Wildman–Crippen MR) is 80.8 cm³/mol. The summed E-state index contributed by atoms with van der Waals surface area (Å²) in [7, 11) is 0. The molecule has 4 nitrogen and oxygen atoms in total. The number of carbonyl (C=O) groups excluding carboxylic acids is 2. The molecular weight excluding hydrogens is 360 g/mol. The summed E-state index contributed by atoms with van der Waals surface area (Å²) in [5.41, 5.74) is 0.0260. The fraction of sp³-hybridized carbons (Fsp3) is 0.385. The molecule has 1 atom stereocenters. The summed E-state index contributed by atoms with van der Waals surface area (Å²) in [5.74, 6) is -1.04. The van der Waals surface area contributed by atoms with Crippen molar-refractivity contribution in [3.8, 4) is 0 Å². The zero-order valence-corrected chi connectivity index (χ0v) is 13.6. The molecule has 0 unspecified atom stereocenters. The van der Waals surface area contributed by atoms with Gasteiger partial charge in [-0.3, -0.25) is 14.5 Å². The standard InChI is InChI=1S/C13H9Cl4NO3/c14-8-6-7(9(15)11(17)10(8)16)13(20)18(12(6)19)4-5-2-1-3-21-5/h5H,1-4H2/t5-/m1/s1. The van der Waals surface area contributed by atoms with E-state index >= 15 is 0 Å². The van der Waals surface area contributed by atoms with E-state index in [1.165, 1.54) is 0 Å². The molecular formula is C13H9Cl4NO3. The summed E-state index contributed by atoms with van der Waals surface area (Å²) >= 11 is 24.0. The van der Waals surface area contributed by atoms with Crippen molar-refractivity contribution in [3.63, 3.8) is 0 Å². The average Bonchev–Trinajstić information content (AvgIpc) is 3.05. The Hall–Kier alpha value is -0.520. The van der Waals surface area contributed by atoms with Crippen LogP contribution in [0, 0.1) is 0 Å². The minimum absolute atomic E-state index is 0.0130. The zero-order chi connectivity index (χ0) is 15.3. The van der Waals surface area contributed by atoms with Crippen LogP contribution in [0.2, 0.25) is 20.1 Å². The Morgan fingerprint density at radius 3 is 1.90 bits per heavy atom. The van der Waals surface area contributed by atoms with E-state index in [-0.39, 0.29) is 43.9 Å². The number of halogens is 4. The van der Waals surface area contributed by atoms with Gasteiger partial charge < -0.3 is 4.74 Å². The molecule has 1 saturated heterocycles. The van der Waals surface area contributed by atoms with Gasteiger partial charge in [-0.15, -0.1) is 0 Å². The molecule has 0 N–H and O–H groups in total. The van der Waals surface area contributed by atoms with Crippen molar-refractivity contribution in [1.29, 1.82) is 0 Å². The number of hydrogen-bond donors (Lipinski definition) is 0. The summed E-state index contributed by atoms with van der Waals surface area (Å²) in [5, 5.41) is -0.145. The van der Waals surface area contributed by atoms with Gasteiger partial charge >= 0.3 is 0 Å². The van der Waals surface area contributed by atoms with Crippen molar-refractivity contribution >= 4 is 58.2 Å². The van der Waals surface area contributed by atoms with E-state index in [2.05, 4.69) is 0 Å². The molecule has 0 spiro atoms. The third-order valence-corrected chi connectivity index (χ3v) is 5.40. The molecule has 112 valence electrons. The molecule has 0 aromatic heterocycles. The molecule has 0 radical (unpaired) electrons. The number of amides is 2. The number of rotatable bonds is 2. The van der Waals surface area contributed by atoms with Crippen molar-refractivity contribution < 1.29 is 14.3 Å². The quantitative estimate of drug-likeness (QED) is 0.449. The second kappa shape index (κ2) is 5.60. The van der Waals surface area contributed by atoms with Gasteiger partial charge in [0, 0.05) is 6.61 Å². The predicted octanol–water partition coefficient (Wildman–Crippen LogP) is 4.08. The Balaban J connectivity index is 2.04. The van der Waals surface area contributed by atoms with Crippen LogP contribution >= 0.6 is 46.4 Å². The van der Waals surface area contributed by atoms with Crippen molar-refractivity contribution in [3.05, 3.63) is 31.2 Å². The number of benzene rings is 1. The maximum atomic E-state index is 12.4. The highest BCUT2D eigenvalue weighted by atomic mass is 35.5. The molecule has 1 aromatic carbocycles. The Morgan fingerprint density at radius 1 is 0.952 bits per heavy atom. The molecule has 2 aliphatic heterocycles. The maximum Gasteiger partial charge on any atom is 0.263 e. The highest BCUT2D eigenvalue weighted by Crippen LogP contribution is 2.44. The SMILES string of the molecule is O=C1c2c(Cl)c(Cl)c(Cl)c(Cl)c2C(=O)N1C[C@H]1CCCO1. The third kappa shape index (κ3) is 2.34. The van der Waals surface area contributed by atoms with E-state index in [1.807, 2.05) is 0 Å². The van der Waals surface area contributed by atoms with E-state index in [9.17, 15) is 9.59 Å². The lowest BCUT2D eigenvalue weighted by Gasteiger charge is -2.18. The van der Waals surface area contributed by atoms with Crippen molar-refractivity contribution in [2.75, 3.05) is 13.2 Å². The molecule has 21 heavy (non-hydrogen) atoms. The van der Waals surface area contributed by atoms with Gasteiger partial charge in [-0.1, -0.05) is 46.4 Å². The van der Waals surface area contributed by atoms with Gasteiger partial charge in [-0.05, 0) is 12.8 Å². The molecule has 2 heterocycles. The van der Waals surface area contributed by atoms with E-state index in [0.717, 1.165) is 17.7 Å². The van der Waals surface area contributed by atoms with Gasteiger partial charge in [-0.25, -0.2) is 0 Å². The normalized spacial score (nSPS) is 21.3. The maximum absolute atomic E-state index is 12.4. The van der Waals surface area contributed by atoms with Crippen LogP contribution in [0.4, 0.5) is 0 Å². The van der Waals surface area contributed by atoms with Gasteiger partial charge in [0.2, 0.25) is 0 Å². The Bertz CT molecular complexity index is 609. The molecule has 0 saturated carbocycles. The number of ether oxygens (including phenoxy) is 1. The summed E-state index contributed by atoms with van der Waals surface area (Å²) in [4.78, 5) is 26.0. The van der Waals surface area contributed by atoms with Crippen LogP contribution in [-0.4, -0.2) is 36.0 Å². The van der Waals surface area contributed by atoms with Crippen LogP contribution in [0.5, 0.6) is 0 Å². The topological polar surface area (TPSA) is 46.6 Å². The number of nitrogens with zero attached hydrogens (tertiary/aromatic N) is 1. The van der Waals surface area contributed by atoms with Crippen LogP contribution in [0.15, 0.2) is 0 Å². The van der Waals surface area contributed by atoms with Crippen LogP contribution in [0.3, 0.4) is 0 Å². The van der Waals surface area contributed by atoms with Crippen LogP contribution < -0.4 is 0 Å². The fourth-order valence-corrected chi connectivity index (χ4v) is 3.57. The van der Waals surface area contributed by atoms with E-state index in [1.54, 1.807) is 0 Å². The summed E-state index contributed by atoms with van der Waals surface area (Å²) < 4.78 is 5.45. The minimum atomic E-state index is -0.518. The monoisotopic (exact) mass is 367 g/mol. The molecule has 1 fully saturated rings. The molecule has 1 aromatic rings. The first kappa shape index (κ1) is 15.4. The van der Waals surface area contributed by atoms with Crippen molar-refractivity contribution in [1.82, 2.24) is 4.90 Å². The van der Waals surface area contributed by atoms with E-state index < -0.39 is 11.8 Å². The van der Waals surface area contributed by atoms with E-state index in [0.29, 0.717) is 6.61 Å². The molecule has 2 aliphatic rings. The third-order valence-electron chi connectivity index (χ3n) is 3.60. The molecule has 3 rings (SSSR count). The average molecular weight is 369 g/mol. The van der Waals surface area contributed by atoms with Gasteiger partial charge in [0.15, 0.2) is 0 Å². The fourth-order valence-electron chi connectivity index (χ4n) is 2.55. The van der Waals surface area contributed by atoms with Crippen LogP contribution in [0.25, 0.3) is 0 Å². The van der Waals surface area contributed by atoms with Crippen molar-refractivity contribution in [2.45, 2.75) is 18.9 Å². The second-order valence-electron chi connectivity index (χ2n) is 4.86.